The number of allylic oxidation sites excluding steroid dienone is 1. The van der Waals surface area contributed by atoms with Crippen LogP contribution in [0.1, 0.15) is 41.2 Å². The first kappa shape index (κ1) is 27.2. The minimum atomic E-state index is -0.517. The van der Waals surface area contributed by atoms with Crippen LogP contribution < -0.4 is 20.2 Å². The molecule has 192 valence electrons. The van der Waals surface area contributed by atoms with E-state index in [1.54, 1.807) is 18.2 Å². The number of hydrogen-bond donors (Lipinski definition) is 2. The number of nitrogens with one attached hydrogen (secondary N) is 2. The Hall–Kier alpha value is -4.39. The highest BCUT2D eigenvalue weighted by molar-refractivity contribution is 6.04. The molecule has 0 aliphatic carbocycles. The average molecular weight is 500 g/mol. The Morgan fingerprint density at radius 2 is 1.76 bits per heavy atom. The summed E-state index contributed by atoms with van der Waals surface area (Å²) in [7, 11) is 0. The summed E-state index contributed by atoms with van der Waals surface area (Å²) in [4.78, 5) is 24.4. The molecule has 3 aromatic rings. The summed E-state index contributed by atoms with van der Waals surface area (Å²) in [6.45, 7) is 10.5. The lowest BCUT2D eigenvalue weighted by Gasteiger charge is -2.17. The number of ether oxygens (including phenoxy) is 2. The molecule has 0 saturated heterocycles. The zero-order valence-electron chi connectivity index (χ0n) is 21.5. The number of carbonyl (C=O) groups is 2. The van der Waals surface area contributed by atoms with E-state index in [1.165, 1.54) is 11.8 Å². The van der Waals surface area contributed by atoms with Crippen molar-refractivity contribution in [1.29, 1.82) is 0 Å². The number of para-hydroxylation sites is 1. The highest BCUT2D eigenvalue weighted by Crippen LogP contribution is 2.34. The molecule has 0 aromatic heterocycles. The molecule has 2 amide bonds. The first-order valence-corrected chi connectivity index (χ1v) is 12.2. The number of hydrogen-bond acceptors (Lipinski definition) is 5. The molecule has 3 rings (SSSR count). The molecule has 0 aliphatic rings. The van der Waals surface area contributed by atoms with Gasteiger partial charge in [0.15, 0.2) is 11.5 Å². The van der Waals surface area contributed by atoms with Crippen LogP contribution in [0, 0.1) is 13.8 Å². The second-order valence-electron chi connectivity index (χ2n) is 8.54. The predicted octanol–water partition coefficient (Wildman–Crippen LogP) is 5.49. The molecule has 0 heterocycles. The van der Waals surface area contributed by atoms with Crippen LogP contribution in [0.2, 0.25) is 0 Å². The van der Waals surface area contributed by atoms with E-state index in [0.717, 1.165) is 16.7 Å². The molecule has 0 unspecified atom stereocenters. The van der Waals surface area contributed by atoms with Crippen LogP contribution in [0.15, 0.2) is 78.4 Å². The Bertz CT molecular complexity index is 1270. The first-order valence-electron chi connectivity index (χ1n) is 12.2. The van der Waals surface area contributed by atoms with Gasteiger partial charge in [0.2, 0.25) is 11.8 Å². The molecule has 7 heteroatoms. The molecule has 37 heavy (non-hydrogen) atoms. The summed E-state index contributed by atoms with van der Waals surface area (Å²) >= 11 is 0. The third kappa shape index (κ3) is 8.35. The third-order valence-corrected chi connectivity index (χ3v) is 5.47. The lowest BCUT2D eigenvalue weighted by Crippen LogP contribution is -2.24. The topological polar surface area (TPSA) is 89.0 Å². The smallest absolute Gasteiger partial charge is 0.249 e. The van der Waals surface area contributed by atoms with Crippen molar-refractivity contribution in [2.24, 2.45) is 5.10 Å². The van der Waals surface area contributed by atoms with E-state index in [9.17, 15) is 9.59 Å². The van der Waals surface area contributed by atoms with Crippen LogP contribution in [-0.4, -0.2) is 24.6 Å². The van der Waals surface area contributed by atoms with E-state index in [1.807, 2.05) is 69.3 Å². The minimum Gasteiger partial charge on any atom is -0.490 e. The first-order chi connectivity index (χ1) is 17.9. The number of nitrogens with zero attached hydrogens (tertiary/aromatic N) is 1. The summed E-state index contributed by atoms with van der Waals surface area (Å²) in [5.74, 6) is 0.302. The predicted molar refractivity (Wildman–Crippen MR) is 147 cm³/mol. The van der Waals surface area contributed by atoms with Gasteiger partial charge in [-0.25, -0.2) is 5.43 Å². The van der Waals surface area contributed by atoms with Crippen molar-refractivity contribution >= 4 is 23.7 Å². The fourth-order valence-corrected chi connectivity index (χ4v) is 3.60. The molecule has 0 radical (unpaired) electrons. The number of amides is 2. The number of benzene rings is 3. The fraction of sp³-hybridized carbons (Fsp3) is 0.233. The van der Waals surface area contributed by atoms with E-state index in [0.29, 0.717) is 42.4 Å². The van der Waals surface area contributed by atoms with Crippen molar-refractivity contribution in [2.45, 2.75) is 40.2 Å². The maximum Gasteiger partial charge on any atom is 0.249 e. The lowest BCUT2D eigenvalue weighted by atomic mass is 10.1. The van der Waals surface area contributed by atoms with Gasteiger partial charge in [-0.05, 0) is 62.1 Å². The summed E-state index contributed by atoms with van der Waals surface area (Å²) in [6, 6.07) is 19.3. The van der Waals surface area contributed by atoms with Crippen molar-refractivity contribution in [3.05, 3.63) is 101 Å². The van der Waals surface area contributed by atoms with E-state index < -0.39 is 11.8 Å². The van der Waals surface area contributed by atoms with Crippen molar-refractivity contribution in [2.75, 3.05) is 11.9 Å². The van der Waals surface area contributed by atoms with Crippen LogP contribution >= 0.6 is 0 Å². The monoisotopic (exact) mass is 499 g/mol. The Morgan fingerprint density at radius 1 is 1.00 bits per heavy atom. The van der Waals surface area contributed by atoms with Crippen LogP contribution in [-0.2, 0) is 22.6 Å². The highest BCUT2D eigenvalue weighted by atomic mass is 16.5. The van der Waals surface area contributed by atoms with Crippen molar-refractivity contribution in [3.8, 4) is 11.5 Å². The molecule has 0 spiro atoms. The van der Waals surface area contributed by atoms with Crippen LogP contribution in [0.5, 0.6) is 11.5 Å². The normalized spacial score (nSPS) is 10.7. The molecule has 0 fully saturated rings. The Morgan fingerprint density at radius 3 is 2.46 bits per heavy atom. The average Bonchev–Trinajstić information content (AvgIpc) is 2.86. The molecule has 3 aromatic carbocycles. The number of hydrazone groups is 1. The minimum absolute atomic E-state index is 0.344. The summed E-state index contributed by atoms with van der Waals surface area (Å²) in [5.41, 5.74) is 7.84. The van der Waals surface area contributed by atoms with Crippen LogP contribution in [0.4, 0.5) is 5.69 Å². The quantitative estimate of drug-likeness (QED) is 0.149. The van der Waals surface area contributed by atoms with Crippen molar-refractivity contribution in [1.82, 2.24) is 5.43 Å². The molecular formula is C30H33N3O4. The van der Waals surface area contributed by atoms with Crippen molar-refractivity contribution < 1.29 is 19.1 Å². The van der Waals surface area contributed by atoms with Gasteiger partial charge in [-0.15, -0.1) is 6.58 Å². The molecule has 0 saturated carbocycles. The zero-order valence-corrected chi connectivity index (χ0v) is 21.5. The van der Waals surface area contributed by atoms with Gasteiger partial charge in [0.1, 0.15) is 13.0 Å². The second kappa shape index (κ2) is 13.6. The molecule has 0 atom stereocenters. The lowest BCUT2D eigenvalue weighted by molar-refractivity contribution is -0.126. The number of aryl methyl sites for hydroxylation is 2. The Kier molecular flexibility index (Phi) is 10.0. The van der Waals surface area contributed by atoms with Gasteiger partial charge in [-0.3, -0.25) is 9.59 Å². The Balaban J connectivity index is 1.67. The molecule has 0 aliphatic heterocycles. The van der Waals surface area contributed by atoms with Crippen LogP contribution in [0.25, 0.3) is 0 Å². The van der Waals surface area contributed by atoms with Gasteiger partial charge in [-0.2, -0.15) is 5.10 Å². The molecule has 2 N–H and O–H groups in total. The third-order valence-electron chi connectivity index (χ3n) is 5.47. The van der Waals surface area contributed by atoms with Gasteiger partial charge >= 0.3 is 0 Å². The van der Waals surface area contributed by atoms with Crippen LogP contribution in [0.3, 0.4) is 0 Å². The van der Waals surface area contributed by atoms with E-state index in [-0.39, 0.29) is 6.42 Å². The summed E-state index contributed by atoms with van der Waals surface area (Å²) in [6.07, 6.45) is 3.52. The fourth-order valence-electron chi connectivity index (χ4n) is 3.60. The SMILES string of the molecule is C=CCc1cc(C=NNC(=O)CC(=O)Nc2ccccc2C)cc(OCC)c1OCc1ccc(C)cc1. The zero-order chi connectivity index (χ0) is 26.6. The highest BCUT2D eigenvalue weighted by Gasteiger charge is 2.14. The molecule has 0 bridgehead atoms. The standard InChI is InChI=1S/C30H33N3O4/c1-5-9-25-16-24(17-27(36-6-2)30(25)37-20-23-14-12-21(3)13-15-23)19-31-33-29(35)18-28(34)32-26-11-8-7-10-22(26)4/h5,7-8,10-17,19H,1,6,9,18,20H2,2-4H3,(H,32,34)(H,33,35). The van der Waals surface area contributed by atoms with E-state index in [4.69, 9.17) is 9.47 Å². The van der Waals surface area contributed by atoms with Gasteiger partial charge in [0.25, 0.3) is 0 Å². The van der Waals surface area contributed by atoms with Gasteiger partial charge in [-0.1, -0.05) is 54.1 Å². The Labute approximate surface area is 218 Å². The summed E-state index contributed by atoms with van der Waals surface area (Å²) in [5, 5.41) is 6.76. The van der Waals surface area contributed by atoms with Gasteiger partial charge in [0, 0.05) is 11.3 Å². The van der Waals surface area contributed by atoms with Crippen molar-refractivity contribution in [3.63, 3.8) is 0 Å². The maximum atomic E-state index is 12.2. The van der Waals surface area contributed by atoms with E-state index >= 15 is 0 Å². The largest absolute Gasteiger partial charge is 0.490 e. The van der Waals surface area contributed by atoms with Gasteiger partial charge in [0.05, 0.1) is 12.8 Å². The van der Waals surface area contributed by atoms with Gasteiger partial charge < -0.3 is 14.8 Å². The number of anilines is 1. The number of rotatable bonds is 12. The maximum absolute atomic E-state index is 12.2. The van der Waals surface area contributed by atoms with E-state index in [2.05, 4.69) is 22.4 Å². The molecule has 7 nitrogen and oxygen atoms in total. The second-order valence-corrected chi connectivity index (χ2v) is 8.54. The summed E-state index contributed by atoms with van der Waals surface area (Å²) < 4.78 is 12.0. The molecular weight excluding hydrogens is 466 g/mol. The number of carbonyl (C=O) groups excluding carboxylic acids is 2.